The Morgan fingerprint density at radius 2 is 1.82 bits per heavy atom. The van der Waals surface area contributed by atoms with Gasteiger partial charge in [-0.3, -0.25) is 24.1 Å². The van der Waals surface area contributed by atoms with Crippen LogP contribution in [-0.4, -0.2) is 42.6 Å². The quantitative estimate of drug-likeness (QED) is 0.441. The van der Waals surface area contributed by atoms with Crippen LogP contribution in [0.3, 0.4) is 0 Å². The maximum Gasteiger partial charge on any atom is 0.319 e. The Kier molecular flexibility index (Phi) is 3.42. The maximum absolute atomic E-state index is 12.3. The molecule has 1 aliphatic heterocycles. The minimum Gasteiger partial charge on any atom is -0.468 e. The molecule has 2 aliphatic carbocycles. The molecule has 0 bridgehead atoms. The molecule has 1 atom stereocenters. The van der Waals surface area contributed by atoms with Gasteiger partial charge < -0.3 is 4.74 Å². The summed E-state index contributed by atoms with van der Waals surface area (Å²) < 4.78 is 4.86. The first-order chi connectivity index (χ1) is 10.4. The molecule has 1 unspecified atom stereocenters. The second-order valence-corrected chi connectivity index (χ2v) is 6.46. The summed E-state index contributed by atoms with van der Waals surface area (Å²) in [5, 5.41) is 0. The molecule has 22 heavy (non-hydrogen) atoms. The maximum atomic E-state index is 12.3. The van der Waals surface area contributed by atoms with Crippen molar-refractivity contribution in [1.29, 1.82) is 0 Å². The van der Waals surface area contributed by atoms with Crippen LogP contribution in [0.2, 0.25) is 0 Å². The molecule has 0 spiro atoms. The number of Topliss-reactive ketones (excluding diaryl/α,β-unsaturated/α-hetero) is 1. The van der Waals surface area contributed by atoms with E-state index in [4.69, 9.17) is 4.74 Å². The predicted molar refractivity (Wildman–Crippen MR) is 75.5 cm³/mol. The molecule has 118 valence electrons. The number of carbonyl (C=O) groups excluding carboxylic acids is 4. The smallest absolute Gasteiger partial charge is 0.319 e. The van der Waals surface area contributed by atoms with Gasteiger partial charge in [-0.05, 0) is 38.0 Å². The van der Waals surface area contributed by atoms with Gasteiger partial charge in [-0.15, -0.1) is 0 Å². The molecule has 1 saturated carbocycles. The second kappa shape index (κ2) is 5.04. The zero-order chi connectivity index (χ0) is 16.1. The Morgan fingerprint density at radius 3 is 2.27 bits per heavy atom. The number of hydrogen-bond acceptors (Lipinski definition) is 5. The minimum absolute atomic E-state index is 0.0206. The lowest BCUT2D eigenvalue weighted by Gasteiger charge is -2.28. The van der Waals surface area contributed by atoms with E-state index in [1.54, 1.807) is 0 Å². The van der Waals surface area contributed by atoms with Crippen LogP contribution in [0.25, 0.3) is 0 Å². The molecule has 0 aromatic rings. The highest BCUT2D eigenvalue weighted by Gasteiger charge is 2.52. The summed E-state index contributed by atoms with van der Waals surface area (Å²) in [6.07, 6.45) is 2.90. The van der Waals surface area contributed by atoms with Crippen LogP contribution in [0.5, 0.6) is 0 Å². The van der Waals surface area contributed by atoms with Crippen molar-refractivity contribution in [3.05, 3.63) is 11.1 Å². The number of imide groups is 1. The first kappa shape index (κ1) is 14.9. The van der Waals surface area contributed by atoms with Crippen molar-refractivity contribution >= 4 is 23.6 Å². The molecular formula is C16H19NO5. The van der Waals surface area contributed by atoms with Crippen molar-refractivity contribution in [1.82, 2.24) is 4.90 Å². The first-order valence-corrected chi connectivity index (χ1v) is 7.57. The van der Waals surface area contributed by atoms with Gasteiger partial charge in [0.05, 0.1) is 7.11 Å². The van der Waals surface area contributed by atoms with Crippen LogP contribution in [0.4, 0.5) is 0 Å². The van der Waals surface area contributed by atoms with Gasteiger partial charge in [-0.25, -0.2) is 0 Å². The number of ketones is 1. The van der Waals surface area contributed by atoms with Crippen LogP contribution in [-0.2, 0) is 23.9 Å². The van der Waals surface area contributed by atoms with E-state index in [0.29, 0.717) is 49.7 Å². The topological polar surface area (TPSA) is 80.8 Å². The summed E-state index contributed by atoms with van der Waals surface area (Å²) in [7, 11) is 2.78. The SMILES string of the molecule is COC(=O)C1(CC2CC3=C(C2)C(=O)N(C)C3=O)CCCC1=O. The standard InChI is InChI=1S/C16H19NO5/c1-17-13(19)10-6-9(7-11(10)14(17)20)8-16(15(21)22-2)5-3-4-12(16)18/h9H,3-8H2,1-2H3. The van der Waals surface area contributed by atoms with Gasteiger partial charge >= 0.3 is 5.97 Å². The van der Waals surface area contributed by atoms with Crippen LogP contribution >= 0.6 is 0 Å². The number of rotatable bonds is 3. The van der Waals surface area contributed by atoms with Crippen LogP contribution < -0.4 is 0 Å². The average Bonchev–Trinajstić information content (AvgIpc) is 3.14. The molecule has 0 radical (unpaired) electrons. The van der Waals surface area contributed by atoms with Crippen molar-refractivity contribution in [3.63, 3.8) is 0 Å². The minimum atomic E-state index is -1.07. The molecule has 0 aromatic heterocycles. The highest BCUT2D eigenvalue weighted by Crippen LogP contribution is 2.47. The lowest BCUT2D eigenvalue weighted by atomic mass is 9.75. The molecule has 1 heterocycles. The summed E-state index contributed by atoms with van der Waals surface area (Å²) in [5.41, 5.74) is 0.0443. The molecule has 6 nitrogen and oxygen atoms in total. The molecule has 0 aromatic carbocycles. The van der Waals surface area contributed by atoms with Gasteiger partial charge in [0.15, 0.2) is 0 Å². The Bertz CT molecular complexity index is 592. The molecule has 0 saturated heterocycles. The van der Waals surface area contributed by atoms with Crippen molar-refractivity contribution in [3.8, 4) is 0 Å². The number of nitrogens with zero attached hydrogens (tertiary/aromatic N) is 1. The monoisotopic (exact) mass is 305 g/mol. The van der Waals surface area contributed by atoms with Gasteiger partial charge in [0.2, 0.25) is 0 Å². The lowest BCUT2D eigenvalue weighted by Crippen LogP contribution is -2.38. The van der Waals surface area contributed by atoms with Crippen molar-refractivity contribution in [2.75, 3.05) is 14.2 Å². The Hall–Kier alpha value is -1.98. The van der Waals surface area contributed by atoms with E-state index < -0.39 is 11.4 Å². The van der Waals surface area contributed by atoms with E-state index in [1.807, 2.05) is 0 Å². The summed E-state index contributed by atoms with van der Waals surface area (Å²) in [5.74, 6) is -1.05. The number of hydrogen-bond donors (Lipinski definition) is 0. The number of amides is 2. The average molecular weight is 305 g/mol. The number of methoxy groups -OCH3 is 1. The fourth-order valence-corrected chi connectivity index (χ4v) is 4.10. The number of esters is 1. The first-order valence-electron chi connectivity index (χ1n) is 7.57. The van der Waals surface area contributed by atoms with Gasteiger partial charge in [-0.1, -0.05) is 0 Å². The Balaban J connectivity index is 1.78. The van der Waals surface area contributed by atoms with Gasteiger partial charge in [0, 0.05) is 24.6 Å². The summed E-state index contributed by atoms with van der Waals surface area (Å²) in [4.78, 5) is 49.6. The third kappa shape index (κ3) is 1.93. The summed E-state index contributed by atoms with van der Waals surface area (Å²) in [6, 6.07) is 0. The molecule has 2 amide bonds. The van der Waals surface area contributed by atoms with Gasteiger partial charge in [0.25, 0.3) is 11.8 Å². The molecule has 6 heteroatoms. The largest absolute Gasteiger partial charge is 0.468 e. The van der Waals surface area contributed by atoms with Crippen molar-refractivity contribution in [2.24, 2.45) is 11.3 Å². The van der Waals surface area contributed by atoms with Gasteiger partial charge in [-0.2, -0.15) is 0 Å². The normalized spacial score (nSPS) is 28.8. The second-order valence-electron chi connectivity index (χ2n) is 6.46. The van der Waals surface area contributed by atoms with Crippen LogP contribution in [0.15, 0.2) is 11.1 Å². The molecule has 3 rings (SSSR count). The number of carbonyl (C=O) groups is 4. The van der Waals surface area contributed by atoms with Crippen molar-refractivity contribution in [2.45, 2.75) is 38.5 Å². The number of likely N-dealkylation sites (N-methyl/N-ethyl adjacent to an activating group) is 1. The Morgan fingerprint density at radius 1 is 1.23 bits per heavy atom. The van der Waals surface area contributed by atoms with Crippen molar-refractivity contribution < 1.29 is 23.9 Å². The highest BCUT2D eigenvalue weighted by molar-refractivity contribution is 6.19. The molecule has 0 N–H and O–H groups in total. The predicted octanol–water partition coefficient (Wildman–Crippen LogP) is 0.994. The molecule has 3 aliphatic rings. The zero-order valence-corrected chi connectivity index (χ0v) is 12.8. The summed E-state index contributed by atoms with van der Waals surface area (Å²) >= 11 is 0. The zero-order valence-electron chi connectivity index (χ0n) is 12.8. The molecular weight excluding hydrogens is 286 g/mol. The Labute approximate surface area is 128 Å². The third-order valence-electron chi connectivity index (χ3n) is 5.23. The van der Waals surface area contributed by atoms with E-state index in [1.165, 1.54) is 14.2 Å². The van der Waals surface area contributed by atoms with Crippen LogP contribution in [0.1, 0.15) is 38.5 Å². The lowest BCUT2D eigenvalue weighted by molar-refractivity contribution is -0.157. The van der Waals surface area contributed by atoms with Crippen LogP contribution in [0, 0.1) is 11.3 Å². The fraction of sp³-hybridized carbons (Fsp3) is 0.625. The number of ether oxygens (including phenoxy) is 1. The number of likely N-dealkylation sites (tertiary alicyclic amines) is 1. The van der Waals surface area contributed by atoms with E-state index in [9.17, 15) is 19.2 Å². The van der Waals surface area contributed by atoms with E-state index in [0.717, 1.165) is 4.90 Å². The fourth-order valence-electron chi connectivity index (χ4n) is 4.10. The summed E-state index contributed by atoms with van der Waals surface area (Å²) in [6.45, 7) is 0. The van der Waals surface area contributed by atoms with Gasteiger partial charge in [0.1, 0.15) is 11.2 Å². The third-order valence-corrected chi connectivity index (χ3v) is 5.23. The van der Waals surface area contributed by atoms with E-state index in [2.05, 4.69) is 0 Å². The van der Waals surface area contributed by atoms with E-state index >= 15 is 0 Å². The molecule has 1 fully saturated rings. The van der Waals surface area contributed by atoms with E-state index in [-0.39, 0.29) is 23.5 Å². The highest BCUT2D eigenvalue weighted by atomic mass is 16.5.